The summed E-state index contributed by atoms with van der Waals surface area (Å²) in [6.45, 7) is 4.96. The molecule has 0 bridgehead atoms. The maximum atomic E-state index is 12.7. The summed E-state index contributed by atoms with van der Waals surface area (Å²) in [7, 11) is -1.90. The molecule has 0 spiro atoms. The summed E-state index contributed by atoms with van der Waals surface area (Å²) in [4.78, 5) is 24.9. The van der Waals surface area contributed by atoms with E-state index in [2.05, 4.69) is 11.9 Å². The van der Waals surface area contributed by atoms with Crippen LogP contribution in [0.4, 0.5) is 4.79 Å². The fourth-order valence-electron chi connectivity index (χ4n) is 3.11. The van der Waals surface area contributed by atoms with Gasteiger partial charge in [-0.1, -0.05) is 36.9 Å². The number of nitrogens with zero attached hydrogens (tertiary/aromatic N) is 2. The zero-order valence-corrected chi connectivity index (χ0v) is 17.6. The van der Waals surface area contributed by atoms with Crippen molar-refractivity contribution in [2.45, 2.75) is 31.1 Å². The Kier molecular flexibility index (Phi) is 8.66. The molecule has 1 fully saturated rings. The highest BCUT2D eigenvalue weighted by Gasteiger charge is 2.34. The van der Waals surface area contributed by atoms with E-state index in [1.165, 1.54) is 10.4 Å². The average Bonchev–Trinajstić information content (AvgIpc) is 2.75. The number of sulfonamides is 1. The molecular formula is C20H29N3O5S. The van der Waals surface area contributed by atoms with Crippen LogP contribution < -0.4 is 5.32 Å². The Morgan fingerprint density at radius 3 is 2.55 bits per heavy atom. The SMILES string of the molecule is C=CC(=O)NCCCN(C)S(=O)(=O)C1CCN(C(=O)OCc2ccccc2)CC1. The molecule has 0 unspecified atom stereocenters. The van der Waals surface area contributed by atoms with Gasteiger partial charge in [0.15, 0.2) is 0 Å². The van der Waals surface area contributed by atoms with Gasteiger partial charge in [-0.25, -0.2) is 17.5 Å². The van der Waals surface area contributed by atoms with Gasteiger partial charge in [-0.2, -0.15) is 0 Å². The van der Waals surface area contributed by atoms with Gasteiger partial charge in [0.1, 0.15) is 6.61 Å². The van der Waals surface area contributed by atoms with Crippen molar-refractivity contribution in [2.24, 2.45) is 0 Å². The first-order valence-corrected chi connectivity index (χ1v) is 11.2. The Bertz CT molecular complexity index is 790. The topological polar surface area (TPSA) is 96.0 Å². The zero-order valence-electron chi connectivity index (χ0n) is 16.7. The van der Waals surface area contributed by atoms with E-state index < -0.39 is 21.4 Å². The smallest absolute Gasteiger partial charge is 0.410 e. The molecule has 0 aliphatic carbocycles. The van der Waals surface area contributed by atoms with E-state index in [0.717, 1.165) is 5.56 Å². The van der Waals surface area contributed by atoms with Gasteiger partial charge in [-0.3, -0.25) is 4.79 Å². The van der Waals surface area contributed by atoms with Gasteiger partial charge in [0.2, 0.25) is 15.9 Å². The second kappa shape index (κ2) is 11.0. The molecule has 9 heteroatoms. The Labute approximate surface area is 172 Å². The number of carbonyl (C=O) groups is 2. The number of carbonyl (C=O) groups excluding carboxylic acids is 2. The van der Waals surface area contributed by atoms with E-state index in [1.54, 1.807) is 11.9 Å². The number of piperidine rings is 1. The van der Waals surface area contributed by atoms with Gasteiger partial charge in [0.25, 0.3) is 0 Å². The van der Waals surface area contributed by atoms with E-state index >= 15 is 0 Å². The van der Waals surface area contributed by atoms with Crippen molar-refractivity contribution in [2.75, 3.05) is 33.2 Å². The molecule has 1 N–H and O–H groups in total. The van der Waals surface area contributed by atoms with Crippen LogP contribution in [0, 0.1) is 0 Å². The van der Waals surface area contributed by atoms with Crippen molar-refractivity contribution in [3.8, 4) is 0 Å². The molecule has 0 aromatic heterocycles. The Balaban J connectivity index is 1.75. The summed E-state index contributed by atoms with van der Waals surface area (Å²) in [6.07, 6.45) is 2.02. The molecule has 1 saturated heterocycles. The summed E-state index contributed by atoms with van der Waals surface area (Å²) in [5.74, 6) is -0.276. The highest BCUT2D eigenvalue weighted by Crippen LogP contribution is 2.21. The van der Waals surface area contributed by atoms with Crippen LogP contribution in [-0.2, 0) is 26.2 Å². The number of nitrogens with one attached hydrogen (secondary N) is 1. The molecule has 2 amide bonds. The Morgan fingerprint density at radius 1 is 1.28 bits per heavy atom. The third-order valence-corrected chi connectivity index (χ3v) is 7.26. The van der Waals surface area contributed by atoms with Crippen LogP contribution in [0.2, 0.25) is 0 Å². The molecule has 0 saturated carbocycles. The van der Waals surface area contributed by atoms with E-state index in [9.17, 15) is 18.0 Å². The average molecular weight is 424 g/mol. The minimum Gasteiger partial charge on any atom is -0.445 e. The second-order valence-corrected chi connectivity index (χ2v) is 9.26. The third-order valence-electron chi connectivity index (χ3n) is 4.90. The summed E-state index contributed by atoms with van der Waals surface area (Å²) in [5, 5.41) is 2.10. The van der Waals surface area contributed by atoms with Crippen LogP contribution in [0.15, 0.2) is 43.0 Å². The minimum atomic E-state index is -3.45. The molecule has 1 aliphatic heterocycles. The molecule has 2 rings (SSSR count). The molecule has 1 aliphatic rings. The van der Waals surface area contributed by atoms with Crippen molar-refractivity contribution < 1.29 is 22.7 Å². The van der Waals surface area contributed by atoms with Gasteiger partial charge in [0.05, 0.1) is 5.25 Å². The number of likely N-dealkylation sites (tertiary alicyclic amines) is 1. The van der Waals surface area contributed by atoms with E-state index in [-0.39, 0.29) is 12.5 Å². The number of hydrogen-bond acceptors (Lipinski definition) is 5. The van der Waals surface area contributed by atoms with Crippen LogP contribution in [0.5, 0.6) is 0 Å². The van der Waals surface area contributed by atoms with E-state index in [4.69, 9.17) is 4.74 Å². The summed E-state index contributed by atoms with van der Waals surface area (Å²) in [6, 6.07) is 9.41. The standard InChI is InChI=1S/C20H29N3O5S/c1-3-19(24)21-12-7-13-22(2)29(26,27)18-10-14-23(15-11-18)20(25)28-16-17-8-5-4-6-9-17/h3-6,8-9,18H,1,7,10-16H2,2H3,(H,21,24). The molecular weight excluding hydrogens is 394 g/mol. The number of hydrogen-bond donors (Lipinski definition) is 1. The van der Waals surface area contributed by atoms with Crippen LogP contribution in [0.1, 0.15) is 24.8 Å². The normalized spacial score (nSPS) is 15.2. The highest BCUT2D eigenvalue weighted by atomic mass is 32.2. The maximum Gasteiger partial charge on any atom is 0.410 e. The van der Waals surface area contributed by atoms with E-state index in [1.807, 2.05) is 30.3 Å². The lowest BCUT2D eigenvalue weighted by molar-refractivity contribution is -0.116. The van der Waals surface area contributed by atoms with Crippen LogP contribution in [0.3, 0.4) is 0 Å². The predicted octanol–water partition coefficient (Wildman–Crippen LogP) is 1.74. The summed E-state index contributed by atoms with van der Waals surface area (Å²) >= 11 is 0. The second-order valence-electron chi connectivity index (χ2n) is 6.94. The van der Waals surface area contributed by atoms with Gasteiger partial charge in [-0.15, -0.1) is 0 Å². The molecule has 8 nitrogen and oxygen atoms in total. The number of amides is 2. The molecule has 29 heavy (non-hydrogen) atoms. The van der Waals surface area contributed by atoms with Gasteiger partial charge >= 0.3 is 6.09 Å². The van der Waals surface area contributed by atoms with Gasteiger partial charge < -0.3 is 15.0 Å². The van der Waals surface area contributed by atoms with Crippen molar-refractivity contribution >= 4 is 22.0 Å². The lowest BCUT2D eigenvalue weighted by Gasteiger charge is -2.33. The van der Waals surface area contributed by atoms with E-state index in [0.29, 0.717) is 45.4 Å². The van der Waals surface area contributed by atoms with Crippen molar-refractivity contribution in [1.82, 2.24) is 14.5 Å². The molecule has 1 aromatic rings. The first-order chi connectivity index (χ1) is 13.8. The number of rotatable bonds is 9. The minimum absolute atomic E-state index is 0.197. The van der Waals surface area contributed by atoms with Gasteiger partial charge in [-0.05, 0) is 30.9 Å². The molecule has 160 valence electrons. The first kappa shape index (κ1) is 22.9. The van der Waals surface area contributed by atoms with Gasteiger partial charge in [0, 0.05) is 33.2 Å². The lowest BCUT2D eigenvalue weighted by Crippen LogP contribution is -2.46. The van der Waals surface area contributed by atoms with Crippen molar-refractivity contribution in [1.29, 1.82) is 0 Å². The van der Waals surface area contributed by atoms with Crippen LogP contribution >= 0.6 is 0 Å². The Morgan fingerprint density at radius 2 is 1.93 bits per heavy atom. The Hall–Kier alpha value is -2.39. The highest BCUT2D eigenvalue weighted by molar-refractivity contribution is 7.89. The monoisotopic (exact) mass is 423 g/mol. The quantitative estimate of drug-likeness (QED) is 0.482. The molecule has 0 radical (unpaired) electrons. The van der Waals surface area contributed by atoms with Crippen LogP contribution in [0.25, 0.3) is 0 Å². The zero-order chi connectivity index (χ0) is 21.3. The summed E-state index contributed by atoms with van der Waals surface area (Å²) < 4.78 is 32.1. The van der Waals surface area contributed by atoms with Crippen molar-refractivity contribution in [3.05, 3.63) is 48.6 Å². The van der Waals surface area contributed by atoms with Crippen molar-refractivity contribution in [3.63, 3.8) is 0 Å². The van der Waals surface area contributed by atoms with Crippen LogP contribution in [-0.4, -0.2) is 68.1 Å². The third kappa shape index (κ3) is 6.86. The predicted molar refractivity (Wildman–Crippen MR) is 111 cm³/mol. The fourth-order valence-corrected chi connectivity index (χ4v) is 4.81. The largest absolute Gasteiger partial charge is 0.445 e. The lowest BCUT2D eigenvalue weighted by atomic mass is 10.1. The molecule has 1 heterocycles. The summed E-state index contributed by atoms with van der Waals surface area (Å²) in [5.41, 5.74) is 0.907. The first-order valence-electron chi connectivity index (χ1n) is 9.65. The fraction of sp³-hybridized carbons (Fsp3) is 0.500. The number of benzene rings is 1. The molecule has 1 aromatic carbocycles. The maximum absolute atomic E-state index is 12.7. The number of ether oxygens (including phenoxy) is 1. The molecule has 0 atom stereocenters.